The predicted molar refractivity (Wildman–Crippen MR) is 103 cm³/mol. The lowest BCUT2D eigenvalue weighted by Crippen LogP contribution is -2.48. The molecule has 5 heteroatoms. The molecular weight excluding hydrogens is 326 g/mol. The van der Waals surface area contributed by atoms with Gasteiger partial charge in [-0.1, -0.05) is 57.2 Å². The fourth-order valence-corrected chi connectivity index (χ4v) is 4.37. The first-order valence-electron chi connectivity index (χ1n) is 9.78. The minimum atomic E-state index is -0.892. The van der Waals surface area contributed by atoms with Crippen molar-refractivity contribution in [3.8, 4) is 0 Å². The third kappa shape index (κ3) is 3.81. The van der Waals surface area contributed by atoms with E-state index in [1.165, 1.54) is 19.3 Å². The van der Waals surface area contributed by atoms with Gasteiger partial charge in [-0.2, -0.15) is 0 Å². The molecule has 1 heterocycles. The number of ketones is 1. The highest BCUT2D eigenvalue weighted by Gasteiger charge is 2.49. The highest BCUT2D eigenvalue weighted by Crippen LogP contribution is 2.37. The number of nitrogens with two attached hydrogens (primary N) is 1. The Morgan fingerprint density at radius 3 is 2.54 bits per heavy atom. The first-order valence-corrected chi connectivity index (χ1v) is 9.78. The standard InChI is InChI=1S/C21H29N3O2/c1-2-17-18(25)21(24-19(17)22,13-15-9-5-3-6-10-15)14-23-20(26)16-11-7-4-8-12-16/h4,7-8,11-12,15,17H,2-3,5-6,9-10,13-14H2,1H3,(H2,22,24)(H,23,26). The number of nitrogens with zero attached hydrogens (tertiary/aromatic N) is 1. The van der Waals surface area contributed by atoms with E-state index in [2.05, 4.69) is 10.3 Å². The number of hydrogen-bond acceptors (Lipinski definition) is 4. The number of amides is 1. The Balaban J connectivity index is 1.77. The monoisotopic (exact) mass is 355 g/mol. The van der Waals surface area contributed by atoms with Gasteiger partial charge in [-0.05, 0) is 30.9 Å². The van der Waals surface area contributed by atoms with Gasteiger partial charge in [-0.3, -0.25) is 14.6 Å². The number of benzene rings is 1. The van der Waals surface area contributed by atoms with Gasteiger partial charge in [0.2, 0.25) is 0 Å². The van der Waals surface area contributed by atoms with Crippen molar-refractivity contribution >= 4 is 17.5 Å². The number of nitrogens with one attached hydrogen (secondary N) is 1. The van der Waals surface area contributed by atoms with Crippen molar-refractivity contribution in [2.24, 2.45) is 22.6 Å². The third-order valence-corrected chi connectivity index (χ3v) is 5.81. The Hall–Kier alpha value is -2.17. The molecule has 140 valence electrons. The first kappa shape index (κ1) is 18.6. The van der Waals surface area contributed by atoms with E-state index < -0.39 is 5.54 Å². The Morgan fingerprint density at radius 1 is 1.23 bits per heavy atom. The van der Waals surface area contributed by atoms with Crippen LogP contribution in [0.1, 0.15) is 62.2 Å². The SMILES string of the molecule is CCC1C(=O)C(CNC(=O)c2ccccc2)(CC2CCCCC2)N=C1N. The number of hydrogen-bond donors (Lipinski definition) is 2. The minimum Gasteiger partial charge on any atom is -0.387 e. The summed E-state index contributed by atoms with van der Waals surface area (Å²) in [4.78, 5) is 30.3. The van der Waals surface area contributed by atoms with E-state index in [-0.39, 0.29) is 24.2 Å². The van der Waals surface area contributed by atoms with Crippen LogP contribution in [0.15, 0.2) is 35.3 Å². The average molecular weight is 355 g/mol. The molecule has 1 aromatic rings. The normalized spacial score (nSPS) is 26.6. The van der Waals surface area contributed by atoms with E-state index in [4.69, 9.17) is 5.73 Å². The number of carbonyl (C=O) groups excluding carboxylic acids is 2. The summed E-state index contributed by atoms with van der Waals surface area (Å²) in [5.74, 6) is 0.509. The zero-order chi connectivity index (χ0) is 18.6. The van der Waals surface area contributed by atoms with Gasteiger partial charge in [0.15, 0.2) is 5.78 Å². The molecule has 1 aliphatic carbocycles. The van der Waals surface area contributed by atoms with Crippen LogP contribution in [0.5, 0.6) is 0 Å². The van der Waals surface area contributed by atoms with Crippen LogP contribution in [-0.2, 0) is 4.79 Å². The van der Waals surface area contributed by atoms with Crippen LogP contribution in [0.4, 0.5) is 0 Å². The summed E-state index contributed by atoms with van der Waals surface area (Å²) in [5.41, 5.74) is 5.80. The highest BCUT2D eigenvalue weighted by molar-refractivity contribution is 6.13. The van der Waals surface area contributed by atoms with Gasteiger partial charge < -0.3 is 11.1 Å². The molecule has 1 saturated carbocycles. The topological polar surface area (TPSA) is 84.5 Å². The van der Waals surface area contributed by atoms with E-state index in [1.54, 1.807) is 12.1 Å². The summed E-state index contributed by atoms with van der Waals surface area (Å²) < 4.78 is 0. The number of Topliss-reactive ketones (excluding diaryl/α,β-unsaturated/α-hetero) is 1. The van der Waals surface area contributed by atoms with Crippen LogP contribution in [0.25, 0.3) is 0 Å². The molecule has 5 nitrogen and oxygen atoms in total. The van der Waals surface area contributed by atoms with Gasteiger partial charge in [0.25, 0.3) is 5.91 Å². The molecular formula is C21H29N3O2. The Morgan fingerprint density at radius 2 is 1.92 bits per heavy atom. The molecule has 0 bridgehead atoms. The second kappa shape index (κ2) is 8.02. The molecule has 1 aromatic carbocycles. The smallest absolute Gasteiger partial charge is 0.251 e. The molecule has 3 N–H and O–H groups in total. The van der Waals surface area contributed by atoms with Crippen molar-refractivity contribution < 1.29 is 9.59 Å². The molecule has 2 unspecified atom stereocenters. The van der Waals surface area contributed by atoms with Crippen molar-refractivity contribution in [2.75, 3.05) is 6.54 Å². The average Bonchev–Trinajstić information content (AvgIpc) is 2.91. The second-order valence-electron chi connectivity index (χ2n) is 7.65. The minimum absolute atomic E-state index is 0.0800. The maximum Gasteiger partial charge on any atom is 0.251 e. The van der Waals surface area contributed by atoms with Gasteiger partial charge >= 0.3 is 0 Å². The molecule has 1 fully saturated rings. The first-order chi connectivity index (χ1) is 12.6. The summed E-state index contributed by atoms with van der Waals surface area (Å²) in [7, 11) is 0. The van der Waals surface area contributed by atoms with E-state index >= 15 is 0 Å². The summed E-state index contributed by atoms with van der Waals surface area (Å²) in [6, 6.07) is 9.07. The largest absolute Gasteiger partial charge is 0.387 e. The molecule has 2 atom stereocenters. The number of aliphatic imine (C=N–C) groups is 1. The third-order valence-electron chi connectivity index (χ3n) is 5.81. The summed E-state index contributed by atoms with van der Waals surface area (Å²) in [6.45, 7) is 2.19. The maximum absolute atomic E-state index is 13.1. The molecule has 26 heavy (non-hydrogen) atoms. The van der Waals surface area contributed by atoms with Crippen LogP contribution in [0.2, 0.25) is 0 Å². The van der Waals surface area contributed by atoms with E-state index in [9.17, 15) is 9.59 Å². The van der Waals surface area contributed by atoms with Crippen molar-refractivity contribution in [1.82, 2.24) is 5.32 Å². The molecule has 2 aliphatic rings. The van der Waals surface area contributed by atoms with E-state index in [0.717, 1.165) is 12.8 Å². The van der Waals surface area contributed by atoms with Gasteiger partial charge in [-0.25, -0.2) is 0 Å². The van der Waals surface area contributed by atoms with Gasteiger partial charge in [0, 0.05) is 5.56 Å². The lowest BCUT2D eigenvalue weighted by Gasteiger charge is -2.32. The molecule has 0 saturated heterocycles. The second-order valence-corrected chi connectivity index (χ2v) is 7.65. The lowest BCUT2D eigenvalue weighted by atomic mass is 9.76. The molecule has 0 spiro atoms. The predicted octanol–water partition coefficient (Wildman–Crippen LogP) is 3.09. The maximum atomic E-state index is 13.1. The van der Waals surface area contributed by atoms with Crippen molar-refractivity contribution in [2.45, 2.75) is 57.4 Å². The number of carbonyl (C=O) groups is 2. The van der Waals surface area contributed by atoms with Crippen LogP contribution < -0.4 is 11.1 Å². The molecule has 0 aromatic heterocycles. The Kier molecular flexibility index (Phi) is 5.74. The van der Waals surface area contributed by atoms with Gasteiger partial charge in [0.05, 0.1) is 12.5 Å². The van der Waals surface area contributed by atoms with E-state index in [0.29, 0.717) is 30.2 Å². The van der Waals surface area contributed by atoms with Crippen molar-refractivity contribution in [3.63, 3.8) is 0 Å². The van der Waals surface area contributed by atoms with Crippen molar-refractivity contribution in [1.29, 1.82) is 0 Å². The number of rotatable bonds is 6. The molecule has 1 amide bonds. The van der Waals surface area contributed by atoms with Crippen molar-refractivity contribution in [3.05, 3.63) is 35.9 Å². The van der Waals surface area contributed by atoms with Crippen LogP contribution in [0.3, 0.4) is 0 Å². The number of amidine groups is 1. The summed E-state index contributed by atoms with van der Waals surface area (Å²) in [5, 5.41) is 2.94. The molecule has 3 rings (SSSR count). The van der Waals surface area contributed by atoms with Crippen LogP contribution in [0, 0.1) is 11.8 Å². The highest BCUT2D eigenvalue weighted by atomic mass is 16.2. The quantitative estimate of drug-likeness (QED) is 0.822. The van der Waals surface area contributed by atoms with E-state index in [1.807, 2.05) is 25.1 Å². The van der Waals surface area contributed by atoms with Gasteiger partial charge in [0.1, 0.15) is 11.4 Å². The Labute approximate surface area is 155 Å². The lowest BCUT2D eigenvalue weighted by molar-refractivity contribution is -0.125. The Bertz CT molecular complexity index is 680. The van der Waals surface area contributed by atoms with Crippen LogP contribution >= 0.6 is 0 Å². The fraction of sp³-hybridized carbons (Fsp3) is 0.571. The zero-order valence-electron chi connectivity index (χ0n) is 15.5. The molecule has 1 aliphatic heterocycles. The van der Waals surface area contributed by atoms with Gasteiger partial charge in [-0.15, -0.1) is 0 Å². The zero-order valence-corrected chi connectivity index (χ0v) is 15.5. The summed E-state index contributed by atoms with van der Waals surface area (Å²) in [6.07, 6.45) is 7.31. The fourth-order valence-electron chi connectivity index (χ4n) is 4.37. The molecule has 0 radical (unpaired) electrons. The summed E-state index contributed by atoms with van der Waals surface area (Å²) >= 11 is 0. The van der Waals surface area contributed by atoms with Crippen LogP contribution in [-0.4, -0.2) is 29.6 Å².